The lowest BCUT2D eigenvalue weighted by Gasteiger charge is -2.19. The Bertz CT molecular complexity index is 757. The molecule has 26 heavy (non-hydrogen) atoms. The molecule has 0 radical (unpaired) electrons. The normalized spacial score (nSPS) is 11.1. The van der Waals surface area contributed by atoms with Gasteiger partial charge in [-0.3, -0.25) is 4.79 Å². The highest BCUT2D eigenvalue weighted by Gasteiger charge is 2.32. The van der Waals surface area contributed by atoms with Gasteiger partial charge in [0.1, 0.15) is 12.0 Å². The number of hydrogen-bond donors (Lipinski definition) is 0. The molecule has 4 nitrogen and oxygen atoms in total. The van der Waals surface area contributed by atoms with Crippen molar-refractivity contribution in [3.8, 4) is 28.4 Å². The lowest BCUT2D eigenvalue weighted by molar-refractivity contribution is -0.274. The number of alkyl halides is 3. The Kier molecular flexibility index (Phi) is 6.49. The molecule has 0 unspecified atom stereocenters. The van der Waals surface area contributed by atoms with Crippen LogP contribution in [0.25, 0.3) is 11.1 Å². The maximum absolute atomic E-state index is 12.8. The zero-order chi connectivity index (χ0) is 19.2. The van der Waals surface area contributed by atoms with Crippen LogP contribution in [-0.4, -0.2) is 25.9 Å². The fraction of sp³-hybridized carbons (Fsp3) is 0.316. The van der Waals surface area contributed by atoms with E-state index < -0.39 is 6.36 Å². The van der Waals surface area contributed by atoms with Crippen molar-refractivity contribution in [2.75, 3.05) is 13.2 Å². The molecule has 0 atom stereocenters. The van der Waals surface area contributed by atoms with Crippen molar-refractivity contribution < 1.29 is 32.2 Å². The van der Waals surface area contributed by atoms with Gasteiger partial charge in [0, 0.05) is 16.7 Å². The highest BCUT2D eigenvalue weighted by molar-refractivity contribution is 5.86. The van der Waals surface area contributed by atoms with Gasteiger partial charge in [-0.1, -0.05) is 25.1 Å². The average molecular weight is 368 g/mol. The van der Waals surface area contributed by atoms with Gasteiger partial charge in [0.2, 0.25) is 0 Å². The number of para-hydroxylation sites is 1. The minimum absolute atomic E-state index is 0.153. The third-order valence-corrected chi connectivity index (χ3v) is 3.37. The fourth-order valence-electron chi connectivity index (χ4n) is 2.41. The lowest BCUT2D eigenvalue weighted by Crippen LogP contribution is -2.17. The number of benzene rings is 2. The van der Waals surface area contributed by atoms with E-state index in [2.05, 4.69) is 4.74 Å². The molecule has 0 N–H and O–H groups in total. The first kappa shape index (κ1) is 19.6. The highest BCUT2D eigenvalue weighted by Crippen LogP contribution is 2.44. The summed E-state index contributed by atoms with van der Waals surface area (Å²) in [6, 6.07) is 8.65. The summed E-state index contributed by atoms with van der Waals surface area (Å²) >= 11 is 0. The van der Waals surface area contributed by atoms with E-state index in [1.807, 2.05) is 6.92 Å². The predicted molar refractivity (Wildman–Crippen MR) is 90.9 cm³/mol. The van der Waals surface area contributed by atoms with Crippen molar-refractivity contribution in [1.29, 1.82) is 0 Å². The SMILES string of the molecule is CCCOc1c(OCC)cc(C=O)cc1-c1ccccc1OC(F)(F)F. The van der Waals surface area contributed by atoms with E-state index in [1.54, 1.807) is 13.0 Å². The summed E-state index contributed by atoms with van der Waals surface area (Å²) in [6.45, 7) is 4.32. The summed E-state index contributed by atoms with van der Waals surface area (Å²) in [5.74, 6) is 0.187. The molecular formula is C19H19F3O4. The van der Waals surface area contributed by atoms with Crippen LogP contribution in [0.2, 0.25) is 0 Å². The number of aldehydes is 1. The maximum atomic E-state index is 12.8. The number of hydrogen-bond acceptors (Lipinski definition) is 4. The first-order valence-corrected chi connectivity index (χ1v) is 8.13. The molecule has 0 spiro atoms. The van der Waals surface area contributed by atoms with Gasteiger partial charge in [0.25, 0.3) is 0 Å². The van der Waals surface area contributed by atoms with Gasteiger partial charge in [-0.2, -0.15) is 0 Å². The number of carbonyl (C=O) groups is 1. The number of carbonyl (C=O) groups excluding carboxylic acids is 1. The van der Waals surface area contributed by atoms with Gasteiger partial charge >= 0.3 is 6.36 Å². The summed E-state index contributed by atoms with van der Waals surface area (Å²) in [4.78, 5) is 11.3. The smallest absolute Gasteiger partial charge is 0.490 e. The molecule has 0 aliphatic rings. The number of rotatable bonds is 8. The van der Waals surface area contributed by atoms with E-state index in [9.17, 15) is 18.0 Å². The Morgan fingerprint density at radius 1 is 1.00 bits per heavy atom. The summed E-state index contributed by atoms with van der Waals surface area (Å²) in [5.41, 5.74) is 0.709. The molecule has 7 heteroatoms. The molecule has 0 heterocycles. The molecule has 0 fully saturated rings. The van der Waals surface area contributed by atoms with Gasteiger partial charge in [-0.05, 0) is 31.5 Å². The van der Waals surface area contributed by atoms with Crippen molar-refractivity contribution in [1.82, 2.24) is 0 Å². The third kappa shape index (κ3) is 4.91. The predicted octanol–water partition coefficient (Wildman–Crippen LogP) is 5.25. The van der Waals surface area contributed by atoms with E-state index in [-0.39, 0.29) is 22.6 Å². The van der Waals surface area contributed by atoms with Crippen molar-refractivity contribution in [3.05, 3.63) is 42.0 Å². The highest BCUT2D eigenvalue weighted by atomic mass is 19.4. The Hall–Kier alpha value is -2.70. The van der Waals surface area contributed by atoms with Crippen LogP contribution in [0.5, 0.6) is 17.2 Å². The first-order chi connectivity index (χ1) is 12.4. The third-order valence-electron chi connectivity index (χ3n) is 3.37. The van der Waals surface area contributed by atoms with Crippen LogP contribution < -0.4 is 14.2 Å². The molecule has 0 aromatic heterocycles. The van der Waals surface area contributed by atoms with Gasteiger partial charge in [0.15, 0.2) is 11.5 Å². The van der Waals surface area contributed by atoms with Crippen molar-refractivity contribution in [2.24, 2.45) is 0 Å². The molecule has 0 saturated carbocycles. The Balaban J connectivity index is 2.67. The number of ether oxygens (including phenoxy) is 3. The van der Waals surface area contributed by atoms with Crippen LogP contribution >= 0.6 is 0 Å². The van der Waals surface area contributed by atoms with Crippen LogP contribution in [0.1, 0.15) is 30.6 Å². The molecule has 140 valence electrons. The Morgan fingerprint density at radius 3 is 2.35 bits per heavy atom. The van der Waals surface area contributed by atoms with Crippen LogP contribution in [0, 0.1) is 0 Å². The molecule has 0 aliphatic heterocycles. The minimum atomic E-state index is -4.84. The van der Waals surface area contributed by atoms with Crippen LogP contribution in [0.3, 0.4) is 0 Å². The maximum Gasteiger partial charge on any atom is 0.573 e. The molecular weight excluding hydrogens is 349 g/mol. The van der Waals surface area contributed by atoms with E-state index in [0.29, 0.717) is 37.2 Å². The minimum Gasteiger partial charge on any atom is -0.490 e. The van der Waals surface area contributed by atoms with Crippen LogP contribution in [-0.2, 0) is 0 Å². The molecule has 0 saturated heterocycles. The van der Waals surface area contributed by atoms with E-state index in [0.717, 1.165) is 0 Å². The summed E-state index contributed by atoms with van der Waals surface area (Å²) in [7, 11) is 0. The lowest BCUT2D eigenvalue weighted by atomic mass is 10.0. The summed E-state index contributed by atoms with van der Waals surface area (Å²) in [6.07, 6.45) is -3.55. The van der Waals surface area contributed by atoms with E-state index in [1.165, 1.54) is 30.3 Å². The number of halogens is 3. The largest absolute Gasteiger partial charge is 0.573 e. The second-order valence-electron chi connectivity index (χ2n) is 5.34. The topological polar surface area (TPSA) is 44.8 Å². The molecule has 0 aliphatic carbocycles. The van der Waals surface area contributed by atoms with Crippen LogP contribution in [0.15, 0.2) is 36.4 Å². The van der Waals surface area contributed by atoms with Gasteiger partial charge < -0.3 is 14.2 Å². The molecule has 2 rings (SSSR count). The average Bonchev–Trinajstić information content (AvgIpc) is 2.59. The molecule has 2 aromatic rings. The molecule has 0 bridgehead atoms. The molecule has 2 aromatic carbocycles. The summed E-state index contributed by atoms with van der Waals surface area (Å²) in [5, 5.41) is 0. The standard InChI is InChI=1S/C19H19F3O4/c1-3-9-25-18-15(10-13(12-23)11-17(18)24-4-2)14-7-5-6-8-16(14)26-19(20,21)22/h5-8,10-12H,3-4,9H2,1-2H3. The molecule has 0 amide bonds. The quantitative estimate of drug-likeness (QED) is 0.597. The van der Waals surface area contributed by atoms with Crippen molar-refractivity contribution in [2.45, 2.75) is 26.6 Å². The van der Waals surface area contributed by atoms with Gasteiger partial charge in [-0.15, -0.1) is 13.2 Å². The van der Waals surface area contributed by atoms with Gasteiger partial charge in [-0.25, -0.2) is 0 Å². The van der Waals surface area contributed by atoms with Gasteiger partial charge in [0.05, 0.1) is 13.2 Å². The summed E-state index contributed by atoms with van der Waals surface area (Å²) < 4.78 is 53.7. The van der Waals surface area contributed by atoms with Crippen molar-refractivity contribution in [3.63, 3.8) is 0 Å². The second kappa shape index (κ2) is 8.60. The van der Waals surface area contributed by atoms with E-state index in [4.69, 9.17) is 9.47 Å². The monoisotopic (exact) mass is 368 g/mol. The fourth-order valence-corrected chi connectivity index (χ4v) is 2.41. The second-order valence-corrected chi connectivity index (χ2v) is 5.34. The Morgan fingerprint density at radius 2 is 1.73 bits per heavy atom. The van der Waals surface area contributed by atoms with Crippen LogP contribution in [0.4, 0.5) is 13.2 Å². The first-order valence-electron chi connectivity index (χ1n) is 8.13. The van der Waals surface area contributed by atoms with Crippen molar-refractivity contribution >= 4 is 6.29 Å². The zero-order valence-electron chi connectivity index (χ0n) is 14.4. The van der Waals surface area contributed by atoms with E-state index >= 15 is 0 Å². The Labute approximate surface area is 149 Å². The zero-order valence-corrected chi connectivity index (χ0v) is 14.4.